The molecule has 0 atom stereocenters. The van der Waals surface area contributed by atoms with Gasteiger partial charge in [-0.25, -0.2) is 9.97 Å². The first-order valence-electron chi connectivity index (χ1n) is 7.39. The van der Waals surface area contributed by atoms with E-state index in [9.17, 15) is 4.79 Å². The second-order valence-electron chi connectivity index (χ2n) is 5.40. The second-order valence-corrected chi connectivity index (χ2v) is 5.40. The van der Waals surface area contributed by atoms with E-state index in [-0.39, 0.29) is 5.91 Å². The van der Waals surface area contributed by atoms with Gasteiger partial charge in [0.15, 0.2) is 0 Å². The molecular formula is C15H26N4O2. The zero-order chi connectivity index (χ0) is 15.7. The molecule has 6 heteroatoms. The van der Waals surface area contributed by atoms with Crippen LogP contribution in [0.25, 0.3) is 0 Å². The number of rotatable bonds is 9. The van der Waals surface area contributed by atoms with Crippen molar-refractivity contribution in [2.75, 3.05) is 32.1 Å². The van der Waals surface area contributed by atoms with Gasteiger partial charge in [0.05, 0.1) is 0 Å². The molecule has 0 aromatic carbocycles. The Morgan fingerprint density at radius 1 is 1.33 bits per heavy atom. The summed E-state index contributed by atoms with van der Waals surface area (Å²) in [6.45, 7) is 8.14. The summed E-state index contributed by atoms with van der Waals surface area (Å²) >= 11 is 0. The summed E-state index contributed by atoms with van der Waals surface area (Å²) in [5.41, 5.74) is 0.403. The van der Waals surface area contributed by atoms with Gasteiger partial charge in [0, 0.05) is 32.9 Å². The van der Waals surface area contributed by atoms with Crippen LogP contribution in [0.15, 0.2) is 6.07 Å². The number of hydrogen-bond acceptors (Lipinski definition) is 5. The van der Waals surface area contributed by atoms with Crippen molar-refractivity contribution < 1.29 is 9.53 Å². The first-order valence-corrected chi connectivity index (χ1v) is 7.39. The van der Waals surface area contributed by atoms with E-state index < -0.39 is 0 Å². The fourth-order valence-electron chi connectivity index (χ4n) is 1.77. The maximum Gasteiger partial charge on any atom is 0.270 e. The van der Waals surface area contributed by atoms with Crippen LogP contribution in [0.5, 0.6) is 0 Å². The minimum atomic E-state index is -0.152. The SMILES string of the molecule is COCCCNc1cc(C(=O)NCCC(C)C)nc(C)n1. The van der Waals surface area contributed by atoms with Gasteiger partial charge < -0.3 is 15.4 Å². The van der Waals surface area contributed by atoms with Gasteiger partial charge >= 0.3 is 0 Å². The number of nitrogens with one attached hydrogen (secondary N) is 2. The number of hydrogen-bond donors (Lipinski definition) is 2. The van der Waals surface area contributed by atoms with E-state index >= 15 is 0 Å². The third-order valence-corrected chi connectivity index (χ3v) is 2.91. The highest BCUT2D eigenvalue weighted by Gasteiger charge is 2.10. The largest absolute Gasteiger partial charge is 0.385 e. The molecule has 1 rings (SSSR count). The monoisotopic (exact) mass is 294 g/mol. The number of carbonyl (C=O) groups excluding carboxylic acids is 1. The predicted octanol–water partition coefficient (Wildman–Crippen LogP) is 2.01. The van der Waals surface area contributed by atoms with Gasteiger partial charge in [-0.05, 0) is 25.7 Å². The Labute approximate surface area is 126 Å². The van der Waals surface area contributed by atoms with Crippen LogP contribution < -0.4 is 10.6 Å². The van der Waals surface area contributed by atoms with E-state index in [1.165, 1.54) is 0 Å². The molecule has 0 aliphatic rings. The third-order valence-electron chi connectivity index (χ3n) is 2.91. The first kappa shape index (κ1) is 17.4. The molecule has 1 amide bonds. The summed E-state index contributed by atoms with van der Waals surface area (Å²) in [7, 11) is 1.68. The lowest BCUT2D eigenvalue weighted by molar-refractivity contribution is 0.0946. The molecule has 1 heterocycles. The van der Waals surface area contributed by atoms with Crippen LogP contribution in [0.1, 0.15) is 43.0 Å². The lowest BCUT2D eigenvalue weighted by atomic mass is 10.1. The number of ether oxygens (including phenoxy) is 1. The highest BCUT2D eigenvalue weighted by molar-refractivity contribution is 5.92. The lowest BCUT2D eigenvalue weighted by Crippen LogP contribution is -2.26. The summed E-state index contributed by atoms with van der Waals surface area (Å²) in [5, 5.41) is 6.06. The lowest BCUT2D eigenvalue weighted by Gasteiger charge is -2.09. The quantitative estimate of drug-likeness (QED) is 0.681. The topological polar surface area (TPSA) is 76.1 Å². The Balaban J connectivity index is 2.57. The molecule has 0 bridgehead atoms. The molecule has 0 saturated heterocycles. The van der Waals surface area contributed by atoms with Crippen molar-refractivity contribution in [3.8, 4) is 0 Å². The number of amides is 1. The molecule has 0 unspecified atom stereocenters. The van der Waals surface area contributed by atoms with E-state index in [1.807, 2.05) is 0 Å². The Kier molecular flexibility index (Phi) is 7.68. The molecule has 0 fully saturated rings. The summed E-state index contributed by atoms with van der Waals surface area (Å²) in [6.07, 6.45) is 1.84. The van der Waals surface area contributed by atoms with Crippen LogP contribution in [0.3, 0.4) is 0 Å². The first-order chi connectivity index (χ1) is 10.0. The number of nitrogens with zero attached hydrogens (tertiary/aromatic N) is 2. The Morgan fingerprint density at radius 3 is 2.76 bits per heavy atom. The average Bonchev–Trinajstić information content (AvgIpc) is 2.42. The zero-order valence-corrected chi connectivity index (χ0v) is 13.4. The van der Waals surface area contributed by atoms with Crippen molar-refractivity contribution in [2.24, 2.45) is 5.92 Å². The molecule has 0 aliphatic heterocycles. The summed E-state index contributed by atoms with van der Waals surface area (Å²) in [5.74, 6) is 1.67. The molecule has 1 aromatic heterocycles. The van der Waals surface area contributed by atoms with E-state index in [2.05, 4.69) is 34.4 Å². The van der Waals surface area contributed by atoms with Gasteiger partial charge in [0.25, 0.3) is 5.91 Å². The van der Waals surface area contributed by atoms with Gasteiger partial charge in [-0.3, -0.25) is 4.79 Å². The maximum atomic E-state index is 12.1. The number of anilines is 1. The number of carbonyl (C=O) groups is 1. The molecule has 1 aromatic rings. The molecule has 0 saturated carbocycles. The highest BCUT2D eigenvalue weighted by Crippen LogP contribution is 2.07. The number of aryl methyl sites for hydroxylation is 1. The van der Waals surface area contributed by atoms with E-state index in [1.54, 1.807) is 20.1 Å². The third kappa shape index (κ3) is 7.04. The normalized spacial score (nSPS) is 10.7. The fourth-order valence-corrected chi connectivity index (χ4v) is 1.77. The number of methoxy groups -OCH3 is 1. The minimum Gasteiger partial charge on any atom is -0.385 e. The molecular weight excluding hydrogens is 268 g/mol. The smallest absolute Gasteiger partial charge is 0.270 e. The Hall–Kier alpha value is -1.69. The van der Waals surface area contributed by atoms with Crippen LogP contribution in [0, 0.1) is 12.8 Å². The van der Waals surface area contributed by atoms with E-state index in [0.29, 0.717) is 36.4 Å². The van der Waals surface area contributed by atoms with Crippen molar-refractivity contribution >= 4 is 11.7 Å². The maximum absolute atomic E-state index is 12.1. The van der Waals surface area contributed by atoms with E-state index in [4.69, 9.17) is 4.74 Å². The van der Waals surface area contributed by atoms with Crippen molar-refractivity contribution in [2.45, 2.75) is 33.6 Å². The molecule has 118 valence electrons. The van der Waals surface area contributed by atoms with Gasteiger partial charge in [0.2, 0.25) is 0 Å². The summed E-state index contributed by atoms with van der Waals surface area (Å²) in [6, 6.07) is 1.69. The summed E-state index contributed by atoms with van der Waals surface area (Å²) < 4.78 is 4.99. The van der Waals surface area contributed by atoms with Crippen LogP contribution in [0.4, 0.5) is 5.82 Å². The van der Waals surface area contributed by atoms with Gasteiger partial charge in [-0.1, -0.05) is 13.8 Å². The van der Waals surface area contributed by atoms with Gasteiger partial charge in [-0.15, -0.1) is 0 Å². The Morgan fingerprint density at radius 2 is 2.10 bits per heavy atom. The minimum absolute atomic E-state index is 0.152. The molecule has 0 radical (unpaired) electrons. The van der Waals surface area contributed by atoms with E-state index in [0.717, 1.165) is 19.4 Å². The van der Waals surface area contributed by atoms with Crippen molar-refractivity contribution in [1.29, 1.82) is 0 Å². The Bertz CT molecular complexity index is 449. The highest BCUT2D eigenvalue weighted by atomic mass is 16.5. The van der Waals surface area contributed by atoms with Gasteiger partial charge in [-0.2, -0.15) is 0 Å². The van der Waals surface area contributed by atoms with Crippen LogP contribution >= 0.6 is 0 Å². The zero-order valence-electron chi connectivity index (χ0n) is 13.4. The molecule has 0 aliphatic carbocycles. The van der Waals surface area contributed by atoms with Gasteiger partial charge in [0.1, 0.15) is 17.3 Å². The van der Waals surface area contributed by atoms with Crippen molar-refractivity contribution in [3.63, 3.8) is 0 Å². The molecule has 2 N–H and O–H groups in total. The molecule has 0 spiro atoms. The summed E-state index contributed by atoms with van der Waals surface area (Å²) in [4.78, 5) is 20.5. The number of aromatic nitrogens is 2. The van der Waals surface area contributed by atoms with Crippen LogP contribution in [-0.4, -0.2) is 42.7 Å². The molecule has 6 nitrogen and oxygen atoms in total. The second kappa shape index (κ2) is 9.28. The van der Waals surface area contributed by atoms with Crippen LogP contribution in [-0.2, 0) is 4.74 Å². The van der Waals surface area contributed by atoms with Crippen molar-refractivity contribution in [1.82, 2.24) is 15.3 Å². The predicted molar refractivity (Wildman–Crippen MR) is 83.5 cm³/mol. The van der Waals surface area contributed by atoms with Crippen LogP contribution in [0.2, 0.25) is 0 Å². The van der Waals surface area contributed by atoms with Crippen molar-refractivity contribution in [3.05, 3.63) is 17.6 Å². The standard InChI is InChI=1S/C15H26N4O2/c1-11(2)6-8-17-15(20)13-10-14(19-12(3)18-13)16-7-5-9-21-4/h10-11H,5-9H2,1-4H3,(H,17,20)(H,16,18,19). The molecule has 21 heavy (non-hydrogen) atoms. The average molecular weight is 294 g/mol. The fraction of sp³-hybridized carbons (Fsp3) is 0.667.